The normalized spacial score (nSPS) is 15.2. The number of hydrogen-bond donors (Lipinski definition) is 1. The van der Waals surface area contributed by atoms with E-state index in [4.69, 9.17) is 5.73 Å². The highest BCUT2D eigenvalue weighted by atomic mass is 32.1. The Labute approximate surface area is 111 Å². The van der Waals surface area contributed by atoms with Gasteiger partial charge < -0.3 is 10.6 Å². The lowest BCUT2D eigenvalue weighted by atomic mass is 10.1. The Morgan fingerprint density at radius 2 is 2.17 bits per heavy atom. The molecule has 2 N–H and O–H groups in total. The van der Waals surface area contributed by atoms with Crippen molar-refractivity contribution < 1.29 is 0 Å². The van der Waals surface area contributed by atoms with Crippen LogP contribution in [0.15, 0.2) is 24.3 Å². The largest absolute Gasteiger partial charge is 0.388 e. The van der Waals surface area contributed by atoms with E-state index < -0.39 is 0 Å². The maximum atomic E-state index is 5.88. The Hall–Kier alpha value is -1.62. The van der Waals surface area contributed by atoms with Crippen LogP contribution in [0, 0.1) is 0 Å². The van der Waals surface area contributed by atoms with E-state index in [1.165, 1.54) is 35.6 Å². The van der Waals surface area contributed by atoms with Crippen molar-refractivity contribution >= 4 is 22.2 Å². The minimum atomic E-state index is 0.733. The summed E-state index contributed by atoms with van der Waals surface area (Å²) >= 11 is 1.27. The lowest BCUT2D eigenvalue weighted by molar-refractivity contribution is 0.707. The molecule has 1 aliphatic heterocycles. The van der Waals surface area contributed by atoms with E-state index in [2.05, 4.69) is 38.8 Å². The van der Waals surface area contributed by atoms with E-state index in [0.717, 1.165) is 30.2 Å². The Morgan fingerprint density at radius 3 is 3.00 bits per heavy atom. The van der Waals surface area contributed by atoms with Gasteiger partial charge in [0.15, 0.2) is 0 Å². The average Bonchev–Trinajstić information content (AvgIpc) is 2.68. The summed E-state index contributed by atoms with van der Waals surface area (Å²) in [6.07, 6.45) is 3.63. The molecule has 1 aromatic heterocycles. The summed E-state index contributed by atoms with van der Waals surface area (Å²) in [4.78, 5) is 2.37. The first-order valence-electron chi connectivity index (χ1n) is 6.24. The standard InChI is InChI=1S/C13H16N4S/c14-13-11(15-16-18-13)9-17-8-4-3-6-10-5-1-2-7-12(10)17/h1-2,5,7H,3-4,6,8-9,14H2. The fourth-order valence-electron chi connectivity index (χ4n) is 2.44. The molecule has 0 spiro atoms. The molecule has 2 aromatic rings. The molecule has 1 aliphatic rings. The number of hydrogen-bond acceptors (Lipinski definition) is 5. The minimum Gasteiger partial charge on any atom is -0.388 e. The van der Waals surface area contributed by atoms with Gasteiger partial charge in [0.2, 0.25) is 0 Å². The molecular formula is C13H16N4S. The third-order valence-corrected chi connectivity index (χ3v) is 3.98. The van der Waals surface area contributed by atoms with Gasteiger partial charge in [-0.25, -0.2) is 0 Å². The number of nitrogen functional groups attached to an aromatic ring is 1. The fourth-order valence-corrected chi connectivity index (χ4v) is 2.88. The SMILES string of the molecule is Nc1snnc1CN1CCCCc2ccccc21. The molecule has 94 valence electrons. The summed E-state index contributed by atoms with van der Waals surface area (Å²) in [5.41, 5.74) is 9.53. The van der Waals surface area contributed by atoms with Gasteiger partial charge in [-0.15, -0.1) is 5.10 Å². The van der Waals surface area contributed by atoms with E-state index in [1.807, 2.05) is 0 Å². The molecule has 4 nitrogen and oxygen atoms in total. The molecule has 0 radical (unpaired) electrons. The van der Waals surface area contributed by atoms with Gasteiger partial charge in [0.05, 0.1) is 6.54 Å². The van der Waals surface area contributed by atoms with Crippen molar-refractivity contribution in [2.24, 2.45) is 0 Å². The van der Waals surface area contributed by atoms with Crippen LogP contribution in [-0.2, 0) is 13.0 Å². The number of nitrogens with two attached hydrogens (primary N) is 1. The number of nitrogens with zero attached hydrogens (tertiary/aromatic N) is 3. The molecule has 0 bridgehead atoms. The quantitative estimate of drug-likeness (QED) is 0.901. The van der Waals surface area contributed by atoms with Crippen LogP contribution in [0.2, 0.25) is 0 Å². The van der Waals surface area contributed by atoms with Crippen molar-refractivity contribution in [2.45, 2.75) is 25.8 Å². The number of aryl methyl sites for hydroxylation is 1. The second-order valence-corrected chi connectivity index (χ2v) is 5.38. The van der Waals surface area contributed by atoms with Gasteiger partial charge >= 0.3 is 0 Å². The lowest BCUT2D eigenvalue weighted by Crippen LogP contribution is -2.24. The van der Waals surface area contributed by atoms with Crippen molar-refractivity contribution in [1.82, 2.24) is 9.59 Å². The molecule has 0 fully saturated rings. The summed E-state index contributed by atoms with van der Waals surface area (Å²) in [6, 6.07) is 8.62. The first kappa shape index (κ1) is 11.5. The fraction of sp³-hybridized carbons (Fsp3) is 0.385. The molecule has 0 amide bonds. The molecule has 0 saturated carbocycles. The summed E-state index contributed by atoms with van der Waals surface area (Å²) in [6.45, 7) is 1.83. The second kappa shape index (κ2) is 4.94. The first-order chi connectivity index (χ1) is 8.84. The highest BCUT2D eigenvalue weighted by Crippen LogP contribution is 2.28. The number of benzene rings is 1. The van der Waals surface area contributed by atoms with Crippen molar-refractivity contribution in [2.75, 3.05) is 17.2 Å². The summed E-state index contributed by atoms with van der Waals surface area (Å²) in [5.74, 6) is 0. The minimum absolute atomic E-state index is 0.733. The Balaban J connectivity index is 1.90. The van der Waals surface area contributed by atoms with Gasteiger partial charge in [-0.1, -0.05) is 22.7 Å². The third-order valence-electron chi connectivity index (χ3n) is 3.38. The van der Waals surface area contributed by atoms with Crippen LogP contribution >= 0.6 is 11.5 Å². The predicted molar refractivity (Wildman–Crippen MR) is 74.8 cm³/mol. The number of para-hydroxylation sites is 1. The smallest absolute Gasteiger partial charge is 0.132 e. The highest BCUT2D eigenvalue weighted by Gasteiger charge is 2.17. The first-order valence-corrected chi connectivity index (χ1v) is 7.01. The van der Waals surface area contributed by atoms with Gasteiger partial charge in [0.25, 0.3) is 0 Å². The van der Waals surface area contributed by atoms with E-state index in [-0.39, 0.29) is 0 Å². The van der Waals surface area contributed by atoms with Crippen LogP contribution in [0.1, 0.15) is 24.1 Å². The van der Waals surface area contributed by atoms with Crippen molar-refractivity contribution in [3.63, 3.8) is 0 Å². The highest BCUT2D eigenvalue weighted by molar-refractivity contribution is 7.09. The zero-order valence-corrected chi connectivity index (χ0v) is 11.0. The zero-order valence-electron chi connectivity index (χ0n) is 10.2. The van der Waals surface area contributed by atoms with E-state index in [9.17, 15) is 0 Å². The van der Waals surface area contributed by atoms with Crippen LogP contribution < -0.4 is 10.6 Å². The van der Waals surface area contributed by atoms with Crippen LogP contribution in [0.3, 0.4) is 0 Å². The predicted octanol–water partition coefficient (Wildman–Crippen LogP) is 2.46. The van der Waals surface area contributed by atoms with Crippen molar-refractivity contribution in [3.05, 3.63) is 35.5 Å². The molecule has 0 atom stereocenters. The molecule has 5 heteroatoms. The molecule has 0 aliphatic carbocycles. The van der Waals surface area contributed by atoms with Crippen LogP contribution in [-0.4, -0.2) is 16.1 Å². The molecule has 0 saturated heterocycles. The molecule has 3 rings (SSSR count). The molecule has 1 aromatic carbocycles. The van der Waals surface area contributed by atoms with Crippen LogP contribution in [0.5, 0.6) is 0 Å². The molecule has 2 heterocycles. The second-order valence-electron chi connectivity index (χ2n) is 4.59. The zero-order chi connectivity index (χ0) is 12.4. The van der Waals surface area contributed by atoms with E-state index in [0.29, 0.717) is 0 Å². The maximum absolute atomic E-state index is 5.88. The Kier molecular flexibility index (Phi) is 3.15. The maximum Gasteiger partial charge on any atom is 0.132 e. The van der Waals surface area contributed by atoms with Crippen molar-refractivity contribution in [1.29, 1.82) is 0 Å². The topological polar surface area (TPSA) is 55.0 Å². The Morgan fingerprint density at radius 1 is 1.28 bits per heavy atom. The molecular weight excluding hydrogens is 244 g/mol. The van der Waals surface area contributed by atoms with E-state index >= 15 is 0 Å². The number of aromatic nitrogens is 2. The van der Waals surface area contributed by atoms with Crippen LogP contribution in [0.4, 0.5) is 10.7 Å². The molecule has 0 unspecified atom stereocenters. The summed E-state index contributed by atoms with van der Waals surface area (Å²) in [5, 5.41) is 4.85. The summed E-state index contributed by atoms with van der Waals surface area (Å²) in [7, 11) is 0. The lowest BCUT2D eigenvalue weighted by Gasteiger charge is -2.24. The van der Waals surface area contributed by atoms with Gasteiger partial charge in [0, 0.05) is 23.8 Å². The van der Waals surface area contributed by atoms with E-state index in [1.54, 1.807) is 0 Å². The number of rotatable bonds is 2. The van der Waals surface area contributed by atoms with Gasteiger partial charge in [-0.05, 0) is 30.9 Å². The van der Waals surface area contributed by atoms with Gasteiger partial charge in [-0.3, -0.25) is 0 Å². The average molecular weight is 260 g/mol. The van der Waals surface area contributed by atoms with Crippen LogP contribution in [0.25, 0.3) is 0 Å². The van der Waals surface area contributed by atoms with Gasteiger partial charge in [-0.2, -0.15) is 0 Å². The van der Waals surface area contributed by atoms with Gasteiger partial charge in [0.1, 0.15) is 10.7 Å². The monoisotopic (exact) mass is 260 g/mol. The third kappa shape index (κ3) is 2.18. The number of fused-ring (bicyclic) bond motifs is 1. The van der Waals surface area contributed by atoms with Crippen molar-refractivity contribution in [3.8, 4) is 0 Å². The summed E-state index contributed by atoms with van der Waals surface area (Å²) < 4.78 is 3.91. The Bertz CT molecular complexity index is 537. The number of anilines is 2. The molecule has 18 heavy (non-hydrogen) atoms.